The monoisotopic (exact) mass is 313 g/mol. The number of hydrogen-bond donors (Lipinski definition) is 1. The number of nitrogens with zero attached hydrogens (tertiary/aromatic N) is 3. The number of aliphatic hydroxyl groups is 1. The second kappa shape index (κ2) is 5.58. The summed E-state index contributed by atoms with van der Waals surface area (Å²) in [7, 11) is 0. The minimum absolute atomic E-state index is 0.161. The molecule has 1 heterocycles. The molecule has 0 fully saturated rings. The topological polar surface area (TPSA) is 50.9 Å². The van der Waals surface area contributed by atoms with Gasteiger partial charge >= 0.3 is 0 Å². The van der Waals surface area contributed by atoms with E-state index < -0.39 is 0 Å². The highest BCUT2D eigenvalue weighted by Crippen LogP contribution is 2.28. The minimum atomic E-state index is -0.311. The lowest BCUT2D eigenvalue weighted by molar-refractivity contribution is 0.264. The second-order valence-electron chi connectivity index (χ2n) is 3.87. The van der Waals surface area contributed by atoms with Gasteiger partial charge in [0.05, 0.1) is 0 Å². The van der Waals surface area contributed by atoms with Gasteiger partial charge < -0.3 is 9.67 Å². The average Bonchev–Trinajstić information content (AvgIpc) is 2.73. The van der Waals surface area contributed by atoms with Crippen molar-refractivity contribution in [1.29, 1.82) is 0 Å². The quantitative estimate of drug-likeness (QED) is 0.944. The van der Waals surface area contributed by atoms with Gasteiger partial charge in [0.15, 0.2) is 11.6 Å². The van der Waals surface area contributed by atoms with Crippen LogP contribution in [0.5, 0.6) is 0 Å². The lowest BCUT2D eigenvalue weighted by Crippen LogP contribution is -2.05. The molecule has 18 heavy (non-hydrogen) atoms. The summed E-state index contributed by atoms with van der Waals surface area (Å²) in [5, 5.41) is 17.2. The maximum atomic E-state index is 13.1. The molecule has 6 heteroatoms. The third-order valence-corrected chi connectivity index (χ3v) is 3.24. The van der Waals surface area contributed by atoms with Crippen molar-refractivity contribution < 1.29 is 9.50 Å². The minimum Gasteiger partial charge on any atom is -0.388 e. The van der Waals surface area contributed by atoms with E-state index in [0.29, 0.717) is 22.7 Å². The fourth-order valence-electron chi connectivity index (χ4n) is 1.78. The van der Waals surface area contributed by atoms with Crippen LogP contribution in [0, 0.1) is 5.82 Å². The Labute approximate surface area is 113 Å². The summed E-state index contributed by atoms with van der Waals surface area (Å²) >= 11 is 3.32. The summed E-state index contributed by atoms with van der Waals surface area (Å²) in [6.07, 6.45) is 0.900. The highest BCUT2D eigenvalue weighted by molar-refractivity contribution is 9.10. The van der Waals surface area contributed by atoms with E-state index in [1.807, 2.05) is 11.5 Å². The molecule has 4 nitrogen and oxygen atoms in total. The van der Waals surface area contributed by atoms with Crippen LogP contribution in [0.1, 0.15) is 19.2 Å². The van der Waals surface area contributed by atoms with Crippen LogP contribution in [-0.4, -0.2) is 19.9 Å². The Hall–Kier alpha value is -1.27. The highest BCUT2D eigenvalue weighted by atomic mass is 79.9. The van der Waals surface area contributed by atoms with Gasteiger partial charge in [-0.25, -0.2) is 4.39 Å². The molecule has 0 radical (unpaired) electrons. The third-order valence-electron chi connectivity index (χ3n) is 2.59. The Kier molecular flexibility index (Phi) is 4.08. The van der Waals surface area contributed by atoms with Crippen molar-refractivity contribution in [3.05, 3.63) is 34.3 Å². The van der Waals surface area contributed by atoms with Crippen molar-refractivity contribution in [3.8, 4) is 11.4 Å². The number of hydrogen-bond acceptors (Lipinski definition) is 3. The summed E-state index contributed by atoms with van der Waals surface area (Å²) in [5.74, 6) is 0.838. The standard InChI is InChI=1S/C12H13BrFN3O/c1-2-5-17-11(7-18)15-16-12(17)9-4-3-8(14)6-10(9)13/h3-4,6,18H,2,5,7H2,1H3. The van der Waals surface area contributed by atoms with Gasteiger partial charge in [-0.2, -0.15) is 0 Å². The van der Waals surface area contributed by atoms with Crippen LogP contribution < -0.4 is 0 Å². The van der Waals surface area contributed by atoms with E-state index in [-0.39, 0.29) is 12.4 Å². The van der Waals surface area contributed by atoms with Crippen LogP contribution in [0.25, 0.3) is 11.4 Å². The zero-order chi connectivity index (χ0) is 13.1. The molecule has 0 atom stereocenters. The zero-order valence-electron chi connectivity index (χ0n) is 9.90. The van der Waals surface area contributed by atoms with Crippen molar-refractivity contribution >= 4 is 15.9 Å². The van der Waals surface area contributed by atoms with E-state index in [2.05, 4.69) is 26.1 Å². The molecule has 0 aliphatic heterocycles. The molecule has 0 saturated heterocycles. The number of rotatable bonds is 4. The molecule has 0 unspecified atom stereocenters. The molecular weight excluding hydrogens is 301 g/mol. The summed E-state index contributed by atoms with van der Waals surface area (Å²) in [5.41, 5.74) is 0.761. The van der Waals surface area contributed by atoms with E-state index in [1.54, 1.807) is 6.07 Å². The molecule has 0 aliphatic rings. The van der Waals surface area contributed by atoms with Crippen LogP contribution in [0.3, 0.4) is 0 Å². The van der Waals surface area contributed by atoms with Crippen LogP contribution in [0.4, 0.5) is 4.39 Å². The van der Waals surface area contributed by atoms with Gasteiger partial charge in [-0.3, -0.25) is 0 Å². The Bertz CT molecular complexity index is 556. The zero-order valence-corrected chi connectivity index (χ0v) is 11.5. The molecule has 0 aliphatic carbocycles. The second-order valence-corrected chi connectivity index (χ2v) is 4.73. The molecule has 1 N–H and O–H groups in total. The maximum absolute atomic E-state index is 13.1. The van der Waals surface area contributed by atoms with E-state index in [1.165, 1.54) is 12.1 Å². The molecule has 96 valence electrons. The first-order valence-corrected chi connectivity index (χ1v) is 6.45. The van der Waals surface area contributed by atoms with Crippen molar-refractivity contribution in [3.63, 3.8) is 0 Å². The van der Waals surface area contributed by atoms with Crippen LogP contribution >= 0.6 is 15.9 Å². The SMILES string of the molecule is CCCn1c(CO)nnc1-c1ccc(F)cc1Br. The number of benzene rings is 1. The highest BCUT2D eigenvalue weighted by Gasteiger charge is 2.15. The molecule has 2 rings (SSSR count). The van der Waals surface area contributed by atoms with Gasteiger partial charge in [0.25, 0.3) is 0 Å². The van der Waals surface area contributed by atoms with Gasteiger partial charge in [-0.05, 0) is 40.5 Å². The summed E-state index contributed by atoms with van der Waals surface area (Å²) in [6, 6.07) is 4.42. The van der Waals surface area contributed by atoms with Crippen molar-refractivity contribution in [1.82, 2.24) is 14.8 Å². The smallest absolute Gasteiger partial charge is 0.165 e. The predicted octanol–water partition coefficient (Wildman–Crippen LogP) is 2.75. The number of aliphatic hydroxyl groups excluding tert-OH is 1. The molecule has 0 saturated carbocycles. The number of aromatic nitrogens is 3. The molecule has 0 bridgehead atoms. The molecule has 1 aromatic carbocycles. The fraction of sp³-hybridized carbons (Fsp3) is 0.333. The Morgan fingerprint density at radius 3 is 2.78 bits per heavy atom. The van der Waals surface area contributed by atoms with Gasteiger partial charge in [-0.1, -0.05) is 6.92 Å². The first-order chi connectivity index (χ1) is 8.67. The van der Waals surface area contributed by atoms with Gasteiger partial charge in [-0.15, -0.1) is 10.2 Å². The molecule has 2 aromatic rings. The van der Waals surface area contributed by atoms with Gasteiger partial charge in [0.2, 0.25) is 0 Å². The predicted molar refractivity (Wildman–Crippen MR) is 69.3 cm³/mol. The Balaban J connectivity index is 2.52. The lowest BCUT2D eigenvalue weighted by Gasteiger charge is -2.09. The van der Waals surface area contributed by atoms with Crippen LogP contribution in [0.2, 0.25) is 0 Å². The Morgan fingerprint density at radius 1 is 1.39 bits per heavy atom. The van der Waals surface area contributed by atoms with E-state index in [0.717, 1.165) is 12.0 Å². The normalized spacial score (nSPS) is 10.9. The summed E-state index contributed by atoms with van der Waals surface area (Å²) < 4.78 is 15.5. The largest absolute Gasteiger partial charge is 0.388 e. The lowest BCUT2D eigenvalue weighted by atomic mass is 10.2. The van der Waals surface area contributed by atoms with Crippen molar-refractivity contribution in [2.24, 2.45) is 0 Å². The molecule has 0 spiro atoms. The Morgan fingerprint density at radius 2 is 2.17 bits per heavy atom. The molecule has 0 amide bonds. The average molecular weight is 314 g/mol. The first-order valence-electron chi connectivity index (χ1n) is 5.65. The fourth-order valence-corrected chi connectivity index (χ4v) is 2.31. The van der Waals surface area contributed by atoms with Gasteiger partial charge in [0, 0.05) is 16.6 Å². The molecule has 1 aromatic heterocycles. The van der Waals surface area contributed by atoms with Crippen LogP contribution in [-0.2, 0) is 13.2 Å². The third kappa shape index (κ3) is 2.44. The van der Waals surface area contributed by atoms with Crippen molar-refractivity contribution in [2.45, 2.75) is 26.5 Å². The summed E-state index contributed by atoms with van der Waals surface area (Å²) in [6.45, 7) is 2.58. The molecular formula is C12H13BrFN3O. The first kappa shape index (κ1) is 13.2. The van der Waals surface area contributed by atoms with E-state index >= 15 is 0 Å². The van der Waals surface area contributed by atoms with Crippen LogP contribution in [0.15, 0.2) is 22.7 Å². The number of halogens is 2. The van der Waals surface area contributed by atoms with E-state index in [9.17, 15) is 9.50 Å². The van der Waals surface area contributed by atoms with Gasteiger partial charge in [0.1, 0.15) is 12.4 Å². The van der Waals surface area contributed by atoms with Crippen molar-refractivity contribution in [2.75, 3.05) is 0 Å². The van der Waals surface area contributed by atoms with E-state index in [4.69, 9.17) is 0 Å². The maximum Gasteiger partial charge on any atom is 0.165 e. The summed E-state index contributed by atoms with van der Waals surface area (Å²) in [4.78, 5) is 0.